The van der Waals surface area contributed by atoms with Crippen molar-refractivity contribution in [1.29, 1.82) is 0 Å². The summed E-state index contributed by atoms with van der Waals surface area (Å²) in [5, 5.41) is 11.4. The number of aromatic nitrogens is 2. The highest BCUT2D eigenvalue weighted by Crippen LogP contribution is 2.32. The Hall–Kier alpha value is -3.78. The van der Waals surface area contributed by atoms with Gasteiger partial charge in [0.05, 0.1) is 16.0 Å². The van der Waals surface area contributed by atoms with Crippen LogP contribution < -0.4 is 10.1 Å². The maximum Gasteiger partial charge on any atom is 0.275 e. The van der Waals surface area contributed by atoms with E-state index in [1.54, 1.807) is 35.6 Å². The summed E-state index contributed by atoms with van der Waals surface area (Å²) in [5.74, 6) is 1.02. The summed E-state index contributed by atoms with van der Waals surface area (Å²) in [6.07, 6.45) is 1.69. The predicted molar refractivity (Wildman–Crippen MR) is 125 cm³/mol. The Balaban J connectivity index is 1.63. The zero-order valence-electron chi connectivity index (χ0n) is 17.9. The molecule has 3 heterocycles. The molecule has 5 rings (SSSR count). The van der Waals surface area contributed by atoms with E-state index in [4.69, 9.17) is 4.42 Å². The third-order valence-electron chi connectivity index (χ3n) is 5.57. The van der Waals surface area contributed by atoms with Crippen LogP contribution in [0.1, 0.15) is 28.0 Å². The summed E-state index contributed by atoms with van der Waals surface area (Å²) >= 11 is 1.31. The molecule has 0 bridgehead atoms. The predicted octanol–water partition coefficient (Wildman–Crippen LogP) is 4.86. The Bertz CT molecular complexity index is 1670. The van der Waals surface area contributed by atoms with Crippen molar-refractivity contribution < 1.29 is 9.34 Å². The van der Waals surface area contributed by atoms with Gasteiger partial charge in [-0.05, 0) is 68.7 Å². The van der Waals surface area contributed by atoms with Gasteiger partial charge in [-0.15, -0.1) is 0 Å². The quantitative estimate of drug-likeness (QED) is 0.292. The molecule has 0 atom stereocenters. The molecule has 3 aromatic heterocycles. The van der Waals surface area contributed by atoms with Crippen molar-refractivity contribution in [3.05, 3.63) is 89.4 Å². The average molecular weight is 446 g/mol. The Morgan fingerprint density at radius 1 is 1.09 bits per heavy atom. The number of nitrogens with zero attached hydrogens (tertiary/aromatic N) is 3. The Morgan fingerprint density at radius 2 is 1.84 bits per heavy atom. The molecule has 0 aliphatic rings. The monoisotopic (exact) mass is 445 g/mol. The van der Waals surface area contributed by atoms with E-state index in [-0.39, 0.29) is 16.2 Å². The molecule has 8 heteroatoms. The fraction of sp³-hybridized carbons (Fsp3) is 0.167. The van der Waals surface area contributed by atoms with Crippen molar-refractivity contribution in [3.8, 4) is 11.3 Å². The van der Waals surface area contributed by atoms with E-state index in [0.29, 0.717) is 32.1 Å². The number of hydrogen-bond donors (Lipinski definition) is 0. The Morgan fingerprint density at radius 3 is 2.59 bits per heavy atom. The molecule has 0 aliphatic carbocycles. The summed E-state index contributed by atoms with van der Waals surface area (Å²) in [7, 11) is 0. The maximum atomic E-state index is 13.1. The number of fused-ring (bicyclic) bond motifs is 3. The van der Waals surface area contributed by atoms with E-state index < -0.39 is 0 Å². The van der Waals surface area contributed by atoms with E-state index in [2.05, 4.69) is 11.1 Å². The number of benzene rings is 2. The summed E-state index contributed by atoms with van der Waals surface area (Å²) in [5.41, 5.74) is 5.65. The summed E-state index contributed by atoms with van der Waals surface area (Å²) in [4.78, 5) is 29.4. The number of aryl methyl sites for hydroxylation is 3. The van der Waals surface area contributed by atoms with Gasteiger partial charge >= 0.3 is 0 Å². The molecule has 0 fully saturated rings. The number of furan rings is 1. The Kier molecular flexibility index (Phi) is 4.49. The van der Waals surface area contributed by atoms with Gasteiger partial charge in [0.25, 0.3) is 11.2 Å². The molecule has 2 aromatic carbocycles. The molecule has 0 radical (unpaired) electrons. The molecule has 0 saturated heterocycles. The van der Waals surface area contributed by atoms with Crippen LogP contribution in [0, 0.1) is 37.8 Å². The van der Waals surface area contributed by atoms with Crippen molar-refractivity contribution in [2.75, 3.05) is 0 Å². The minimum Gasteiger partial charge on any atom is -0.457 e. The van der Waals surface area contributed by atoms with Crippen molar-refractivity contribution in [2.24, 2.45) is 0 Å². The second-order valence-corrected chi connectivity index (χ2v) is 9.02. The summed E-state index contributed by atoms with van der Waals surface area (Å²) < 4.78 is 8.12. The number of imidazole rings is 1. The molecule has 32 heavy (non-hydrogen) atoms. The zero-order chi connectivity index (χ0) is 22.7. The fourth-order valence-electron chi connectivity index (χ4n) is 4.10. The van der Waals surface area contributed by atoms with E-state index in [0.717, 1.165) is 27.7 Å². The van der Waals surface area contributed by atoms with Crippen LogP contribution in [-0.2, 0) is 0 Å². The second kappa shape index (κ2) is 7.13. The van der Waals surface area contributed by atoms with E-state index in [9.17, 15) is 14.9 Å². The molecule has 0 N–H and O–H groups in total. The lowest BCUT2D eigenvalue weighted by Gasteiger charge is -2.05. The van der Waals surface area contributed by atoms with Gasteiger partial charge in [0.15, 0.2) is 4.96 Å². The molecule has 0 saturated carbocycles. The normalized spacial score (nSPS) is 12.3. The molecular weight excluding hydrogens is 426 g/mol. The van der Waals surface area contributed by atoms with E-state index in [1.807, 2.05) is 32.9 Å². The van der Waals surface area contributed by atoms with Gasteiger partial charge in [0, 0.05) is 23.3 Å². The first-order valence-electron chi connectivity index (χ1n) is 10.0. The van der Waals surface area contributed by atoms with Gasteiger partial charge in [-0.1, -0.05) is 17.4 Å². The van der Waals surface area contributed by atoms with Crippen LogP contribution in [0.3, 0.4) is 0 Å². The SMILES string of the molecule is Cc1cc(-c2ccc(/C=c3\sc4nc5c(C)cc(C)cc5n4c3=O)o2)c(C)c([N+](=O)[O-])c1. The number of nitro groups is 1. The van der Waals surface area contributed by atoms with Crippen LogP contribution in [0.2, 0.25) is 0 Å². The first-order chi connectivity index (χ1) is 15.2. The lowest BCUT2D eigenvalue weighted by Crippen LogP contribution is -2.22. The molecule has 160 valence electrons. The standard InChI is InChI=1S/C24H19N3O4S/c1-12-7-14(3)22-19(10-12)26-23(28)21(32-24(26)25-22)11-16-5-6-20(31-16)17-8-13(2)9-18(15(17)4)27(29)30/h5-11H,1-4H3/b21-11-. The zero-order valence-corrected chi connectivity index (χ0v) is 18.7. The topological polar surface area (TPSA) is 90.7 Å². The van der Waals surface area contributed by atoms with Crippen LogP contribution in [0.25, 0.3) is 33.4 Å². The molecule has 0 aliphatic heterocycles. The van der Waals surface area contributed by atoms with Gasteiger partial charge in [0.2, 0.25) is 0 Å². The van der Waals surface area contributed by atoms with Crippen molar-refractivity contribution in [2.45, 2.75) is 27.7 Å². The van der Waals surface area contributed by atoms with E-state index >= 15 is 0 Å². The Labute approximate surface area is 186 Å². The average Bonchev–Trinajstić information content (AvgIpc) is 3.40. The first kappa shape index (κ1) is 20.1. The minimum absolute atomic E-state index is 0.0562. The lowest BCUT2D eigenvalue weighted by atomic mass is 10.0. The van der Waals surface area contributed by atoms with Crippen LogP contribution in [0.4, 0.5) is 5.69 Å². The number of thiazole rings is 1. The van der Waals surface area contributed by atoms with Crippen molar-refractivity contribution in [3.63, 3.8) is 0 Å². The highest BCUT2D eigenvalue weighted by Gasteiger charge is 2.18. The lowest BCUT2D eigenvalue weighted by molar-refractivity contribution is -0.385. The van der Waals surface area contributed by atoms with E-state index in [1.165, 1.54) is 11.3 Å². The van der Waals surface area contributed by atoms with Crippen LogP contribution >= 0.6 is 11.3 Å². The number of nitro benzene ring substituents is 1. The maximum absolute atomic E-state index is 13.1. The van der Waals surface area contributed by atoms with Gasteiger partial charge in [0.1, 0.15) is 16.1 Å². The summed E-state index contributed by atoms with van der Waals surface area (Å²) in [6, 6.07) is 11.0. The van der Waals surface area contributed by atoms with Gasteiger partial charge in [-0.25, -0.2) is 9.38 Å². The van der Waals surface area contributed by atoms with Gasteiger partial charge in [-0.2, -0.15) is 0 Å². The molecule has 0 unspecified atom stereocenters. The molecule has 0 spiro atoms. The highest BCUT2D eigenvalue weighted by molar-refractivity contribution is 7.15. The largest absolute Gasteiger partial charge is 0.457 e. The van der Waals surface area contributed by atoms with Crippen LogP contribution in [-0.4, -0.2) is 14.3 Å². The third kappa shape index (κ3) is 3.11. The van der Waals surface area contributed by atoms with Gasteiger partial charge in [-0.3, -0.25) is 14.9 Å². The smallest absolute Gasteiger partial charge is 0.275 e. The fourth-order valence-corrected chi connectivity index (χ4v) is 5.06. The summed E-state index contributed by atoms with van der Waals surface area (Å²) in [6.45, 7) is 7.51. The first-order valence-corrected chi connectivity index (χ1v) is 10.8. The molecule has 7 nitrogen and oxygen atoms in total. The second-order valence-electron chi connectivity index (χ2n) is 8.01. The molecular formula is C24H19N3O4S. The van der Waals surface area contributed by atoms with Crippen LogP contribution in [0.15, 0.2) is 45.6 Å². The highest BCUT2D eigenvalue weighted by atomic mass is 32.1. The van der Waals surface area contributed by atoms with Gasteiger partial charge < -0.3 is 4.42 Å². The number of hydrogen-bond acceptors (Lipinski definition) is 6. The van der Waals surface area contributed by atoms with Crippen molar-refractivity contribution in [1.82, 2.24) is 9.38 Å². The number of rotatable bonds is 3. The van der Waals surface area contributed by atoms with Crippen molar-refractivity contribution >= 4 is 39.1 Å². The minimum atomic E-state index is -0.388. The molecule has 0 amide bonds. The van der Waals surface area contributed by atoms with Crippen LogP contribution in [0.5, 0.6) is 0 Å². The third-order valence-corrected chi connectivity index (χ3v) is 6.54. The molecule has 5 aromatic rings.